The van der Waals surface area contributed by atoms with Gasteiger partial charge in [-0.05, 0) is 44.0 Å². The maximum absolute atomic E-state index is 12.1. The van der Waals surface area contributed by atoms with Gasteiger partial charge in [0.15, 0.2) is 11.4 Å². The van der Waals surface area contributed by atoms with Crippen molar-refractivity contribution in [3.8, 4) is 0 Å². The number of Topliss-reactive ketones (excluding diaryl/α,β-unsaturated/α-hetero) is 1. The number of carbonyl (C=O) groups excluding carboxylic acids is 1. The molecule has 1 saturated heterocycles. The van der Waals surface area contributed by atoms with E-state index in [-0.39, 0.29) is 18.3 Å². The number of aromatic nitrogens is 3. The molecule has 3 heterocycles. The number of oxazole rings is 1. The van der Waals surface area contributed by atoms with E-state index in [4.69, 9.17) is 9.52 Å². The van der Waals surface area contributed by atoms with Crippen LogP contribution in [0, 0.1) is 12.8 Å². The molecule has 186 valence electrons. The number of aliphatic hydroxyl groups is 1. The predicted octanol–water partition coefficient (Wildman–Crippen LogP) is 4.51. The number of hydrogen-bond donors (Lipinski definition) is 1. The first kappa shape index (κ1) is 25.1. The van der Waals surface area contributed by atoms with Gasteiger partial charge >= 0.3 is 0 Å². The van der Waals surface area contributed by atoms with Crippen LogP contribution in [0.5, 0.6) is 0 Å². The Morgan fingerprint density at radius 3 is 2.83 bits per heavy atom. The van der Waals surface area contributed by atoms with Crippen LogP contribution in [0.2, 0.25) is 0 Å². The van der Waals surface area contributed by atoms with Crippen LogP contribution in [0.15, 0.2) is 75.7 Å². The van der Waals surface area contributed by atoms with Crippen LogP contribution in [-0.2, 0) is 11.3 Å². The largest absolute Gasteiger partial charge is 0.423 e. The summed E-state index contributed by atoms with van der Waals surface area (Å²) in [6.07, 6.45) is 5.67. The quantitative estimate of drug-likeness (QED) is 0.258. The van der Waals surface area contributed by atoms with Crippen LogP contribution in [-0.4, -0.2) is 51.6 Å². The minimum Gasteiger partial charge on any atom is -0.423 e. The number of benzene rings is 1. The molecule has 2 aromatic heterocycles. The van der Waals surface area contributed by atoms with Gasteiger partial charge in [-0.1, -0.05) is 19.2 Å². The van der Waals surface area contributed by atoms with Crippen molar-refractivity contribution < 1.29 is 14.3 Å². The number of rotatable bonds is 10. The molecule has 0 atom stereocenters. The SMILES string of the molecule is C=C=C(C=N/C(CC(=C)c1cnn(CCO)c1)=C(\C)C(C)=O)C1CN(c2nc3ccc(C)cc3o2)C1. The Morgan fingerprint density at radius 1 is 1.36 bits per heavy atom. The lowest BCUT2D eigenvalue weighted by molar-refractivity contribution is -0.113. The molecule has 0 unspecified atom stereocenters. The van der Waals surface area contributed by atoms with Gasteiger partial charge in [0.25, 0.3) is 6.01 Å². The lowest BCUT2D eigenvalue weighted by Gasteiger charge is -2.38. The van der Waals surface area contributed by atoms with Gasteiger partial charge in [0, 0.05) is 54.5 Å². The summed E-state index contributed by atoms with van der Waals surface area (Å²) in [5, 5.41) is 13.3. The van der Waals surface area contributed by atoms with Crippen molar-refractivity contribution >= 4 is 34.7 Å². The van der Waals surface area contributed by atoms with E-state index >= 15 is 0 Å². The normalized spacial score (nSPS) is 14.6. The first-order valence-electron chi connectivity index (χ1n) is 11.9. The zero-order chi connectivity index (χ0) is 25.8. The van der Waals surface area contributed by atoms with Gasteiger partial charge in [-0.2, -0.15) is 10.1 Å². The van der Waals surface area contributed by atoms with Crippen molar-refractivity contribution in [1.82, 2.24) is 14.8 Å². The zero-order valence-electron chi connectivity index (χ0n) is 21.0. The molecule has 1 N–H and O–H groups in total. The Kier molecular flexibility index (Phi) is 7.48. The van der Waals surface area contributed by atoms with E-state index in [0.717, 1.165) is 46.5 Å². The molecule has 3 aromatic rings. The average Bonchev–Trinajstić information content (AvgIpc) is 3.45. The lowest BCUT2D eigenvalue weighted by atomic mass is 9.92. The van der Waals surface area contributed by atoms with Crippen LogP contribution < -0.4 is 4.90 Å². The van der Waals surface area contributed by atoms with E-state index in [2.05, 4.69) is 38.9 Å². The maximum Gasteiger partial charge on any atom is 0.298 e. The fraction of sp³-hybridized carbons (Fsp3) is 0.321. The monoisotopic (exact) mass is 485 g/mol. The number of ketones is 1. The molecule has 36 heavy (non-hydrogen) atoms. The molecule has 0 saturated carbocycles. The Hall–Kier alpha value is -4.00. The highest BCUT2D eigenvalue weighted by Gasteiger charge is 2.32. The second-order valence-electron chi connectivity index (χ2n) is 9.08. The van der Waals surface area contributed by atoms with Crippen LogP contribution in [0.25, 0.3) is 16.7 Å². The number of carbonyl (C=O) groups is 1. The minimum absolute atomic E-state index is 0.00776. The van der Waals surface area contributed by atoms with Crippen molar-refractivity contribution in [2.45, 2.75) is 33.7 Å². The van der Waals surface area contributed by atoms with E-state index in [1.807, 2.05) is 31.3 Å². The van der Waals surface area contributed by atoms with E-state index in [9.17, 15) is 4.79 Å². The molecule has 0 amide bonds. The fourth-order valence-electron chi connectivity index (χ4n) is 3.98. The number of allylic oxidation sites excluding steroid dienone is 2. The van der Waals surface area contributed by atoms with Gasteiger partial charge in [0.1, 0.15) is 5.52 Å². The Morgan fingerprint density at radius 2 is 2.14 bits per heavy atom. The molecule has 1 aliphatic heterocycles. The summed E-state index contributed by atoms with van der Waals surface area (Å²) < 4.78 is 7.59. The standard InChI is InChI=1S/C28H31N5O3/c1-6-22(24-15-32(16-24)28-31-25-8-7-18(2)11-27(25)36-28)13-29-26(20(4)21(5)35)12-19(3)23-14-30-33(17-23)9-10-34/h7-8,11,13-14,17,24,34H,1,3,9-10,12,15-16H2,2,4-5H3/b26-20+,29-13?. The number of anilines is 1. The molecule has 1 aliphatic rings. The van der Waals surface area contributed by atoms with E-state index in [1.165, 1.54) is 6.92 Å². The second kappa shape index (κ2) is 10.7. The molecule has 4 rings (SSSR count). The van der Waals surface area contributed by atoms with Gasteiger partial charge in [-0.15, -0.1) is 5.73 Å². The number of hydrogen-bond acceptors (Lipinski definition) is 7. The van der Waals surface area contributed by atoms with E-state index in [0.29, 0.717) is 30.3 Å². The number of aryl methyl sites for hydroxylation is 1. The van der Waals surface area contributed by atoms with Gasteiger partial charge in [0.2, 0.25) is 0 Å². The first-order chi connectivity index (χ1) is 17.3. The summed E-state index contributed by atoms with van der Waals surface area (Å²) >= 11 is 0. The van der Waals surface area contributed by atoms with Crippen molar-refractivity contribution in [2.24, 2.45) is 10.9 Å². The Bertz CT molecular complexity index is 1410. The Labute approximate surface area is 210 Å². The number of aliphatic hydroxyl groups excluding tert-OH is 1. The summed E-state index contributed by atoms with van der Waals surface area (Å²) in [6.45, 7) is 15.2. The minimum atomic E-state index is -0.0453. The smallest absolute Gasteiger partial charge is 0.298 e. The van der Waals surface area contributed by atoms with Crippen molar-refractivity contribution in [3.05, 3.63) is 77.5 Å². The van der Waals surface area contributed by atoms with E-state index < -0.39 is 0 Å². The van der Waals surface area contributed by atoms with Crippen molar-refractivity contribution in [3.63, 3.8) is 0 Å². The Balaban J connectivity index is 1.45. The van der Waals surface area contributed by atoms with Gasteiger partial charge in [0.05, 0.1) is 25.0 Å². The summed E-state index contributed by atoms with van der Waals surface area (Å²) in [6, 6.07) is 6.58. The molecule has 0 aliphatic carbocycles. The van der Waals surface area contributed by atoms with Gasteiger partial charge in [-0.25, -0.2) is 0 Å². The molecular formula is C28H31N5O3. The fourth-order valence-corrected chi connectivity index (χ4v) is 3.98. The third kappa shape index (κ3) is 5.46. The first-order valence-corrected chi connectivity index (χ1v) is 11.9. The highest BCUT2D eigenvalue weighted by molar-refractivity contribution is 5.94. The topological polar surface area (TPSA) is 96.7 Å². The molecule has 1 fully saturated rings. The third-order valence-electron chi connectivity index (χ3n) is 6.40. The second-order valence-corrected chi connectivity index (χ2v) is 9.08. The molecule has 0 spiro atoms. The van der Waals surface area contributed by atoms with E-state index in [1.54, 1.807) is 24.0 Å². The number of aliphatic imine (C=N–C) groups is 1. The zero-order valence-corrected chi connectivity index (χ0v) is 21.0. The number of nitrogens with zero attached hydrogens (tertiary/aromatic N) is 5. The predicted molar refractivity (Wildman–Crippen MR) is 142 cm³/mol. The molecular weight excluding hydrogens is 454 g/mol. The van der Waals surface area contributed by atoms with Gasteiger partial charge < -0.3 is 14.4 Å². The van der Waals surface area contributed by atoms with Crippen molar-refractivity contribution in [2.75, 3.05) is 24.6 Å². The molecule has 1 aromatic carbocycles. The maximum atomic E-state index is 12.1. The third-order valence-corrected chi connectivity index (χ3v) is 6.40. The average molecular weight is 486 g/mol. The van der Waals surface area contributed by atoms with Crippen LogP contribution in [0.4, 0.5) is 6.01 Å². The summed E-state index contributed by atoms with van der Waals surface area (Å²) in [5.41, 5.74) is 9.49. The van der Waals surface area contributed by atoms with Crippen LogP contribution >= 0.6 is 0 Å². The van der Waals surface area contributed by atoms with Crippen LogP contribution in [0.3, 0.4) is 0 Å². The number of fused-ring (bicyclic) bond motifs is 1. The summed E-state index contributed by atoms with van der Waals surface area (Å²) in [5.74, 6) is 0.137. The molecule has 8 heteroatoms. The van der Waals surface area contributed by atoms with Crippen LogP contribution in [0.1, 0.15) is 31.4 Å². The molecule has 0 bridgehead atoms. The summed E-state index contributed by atoms with van der Waals surface area (Å²) in [4.78, 5) is 23.5. The highest BCUT2D eigenvalue weighted by atomic mass is 16.4. The highest BCUT2D eigenvalue weighted by Crippen LogP contribution is 2.31. The lowest BCUT2D eigenvalue weighted by Crippen LogP contribution is -2.48. The van der Waals surface area contributed by atoms with Crippen molar-refractivity contribution in [1.29, 1.82) is 0 Å². The molecule has 0 radical (unpaired) electrons. The summed E-state index contributed by atoms with van der Waals surface area (Å²) in [7, 11) is 0. The van der Waals surface area contributed by atoms with Gasteiger partial charge in [-0.3, -0.25) is 14.5 Å². The molecule has 8 nitrogen and oxygen atoms in total.